The number of nitrogens with zero attached hydrogens (tertiary/aromatic N) is 4. The fraction of sp³-hybridized carbons (Fsp3) is 0.417. The van der Waals surface area contributed by atoms with Gasteiger partial charge >= 0.3 is 0 Å². The minimum atomic E-state index is 0.398. The molecule has 1 atom stereocenters. The molecule has 28 heavy (non-hydrogen) atoms. The molecule has 0 saturated carbocycles. The quantitative estimate of drug-likeness (QED) is 0.651. The highest BCUT2D eigenvalue weighted by atomic mass is 15.3. The topological polar surface area (TPSA) is 34.0 Å². The molecule has 4 rings (SSSR count). The standard InChI is InChI=1S/C24H30N4/c1-17-8-5-6-9-21(17)13-20-12-18(2)26-23(14-20)24-10-7-11-28(24)16-22-15-25-27(4)19(22)3/h5-6,8-9,12,14-15,24H,7,10-11,13,16H2,1-4H3. The fourth-order valence-corrected chi connectivity index (χ4v) is 4.34. The molecule has 1 saturated heterocycles. The molecule has 0 radical (unpaired) electrons. The van der Waals surface area contributed by atoms with Crippen LogP contribution in [0, 0.1) is 20.8 Å². The zero-order chi connectivity index (χ0) is 19.7. The number of aromatic nitrogens is 3. The molecule has 0 spiro atoms. The van der Waals surface area contributed by atoms with E-state index in [0.717, 1.165) is 25.2 Å². The molecule has 0 amide bonds. The number of pyridine rings is 1. The molecule has 1 fully saturated rings. The van der Waals surface area contributed by atoms with Crippen LogP contribution in [0.15, 0.2) is 42.6 Å². The highest BCUT2D eigenvalue weighted by molar-refractivity contribution is 5.34. The van der Waals surface area contributed by atoms with Gasteiger partial charge in [-0.2, -0.15) is 5.10 Å². The van der Waals surface area contributed by atoms with Gasteiger partial charge in [0.05, 0.1) is 17.9 Å². The van der Waals surface area contributed by atoms with Crippen LogP contribution in [0.2, 0.25) is 0 Å². The normalized spacial score (nSPS) is 17.4. The van der Waals surface area contributed by atoms with Gasteiger partial charge in [0.2, 0.25) is 0 Å². The molecule has 4 nitrogen and oxygen atoms in total. The van der Waals surface area contributed by atoms with Crippen LogP contribution in [-0.4, -0.2) is 26.2 Å². The average Bonchev–Trinajstić information content (AvgIpc) is 3.25. The van der Waals surface area contributed by atoms with Crippen molar-refractivity contribution in [2.75, 3.05) is 6.54 Å². The number of benzene rings is 1. The van der Waals surface area contributed by atoms with Gasteiger partial charge in [0, 0.05) is 30.5 Å². The first kappa shape index (κ1) is 18.9. The largest absolute Gasteiger partial charge is 0.290 e. The molecule has 1 aromatic carbocycles. The third-order valence-corrected chi connectivity index (χ3v) is 6.10. The van der Waals surface area contributed by atoms with Crippen LogP contribution in [0.1, 0.15) is 58.2 Å². The predicted octanol–water partition coefficient (Wildman–Crippen LogP) is 4.67. The van der Waals surface area contributed by atoms with E-state index in [0.29, 0.717) is 6.04 Å². The summed E-state index contributed by atoms with van der Waals surface area (Å²) in [5, 5.41) is 4.41. The van der Waals surface area contributed by atoms with E-state index in [4.69, 9.17) is 4.98 Å². The van der Waals surface area contributed by atoms with Gasteiger partial charge in [0.15, 0.2) is 0 Å². The van der Waals surface area contributed by atoms with Crippen molar-refractivity contribution in [3.8, 4) is 0 Å². The van der Waals surface area contributed by atoms with Gasteiger partial charge in [-0.05, 0) is 75.4 Å². The lowest BCUT2D eigenvalue weighted by atomic mass is 9.98. The van der Waals surface area contributed by atoms with E-state index < -0.39 is 0 Å². The highest BCUT2D eigenvalue weighted by Gasteiger charge is 2.28. The van der Waals surface area contributed by atoms with Crippen LogP contribution in [0.4, 0.5) is 0 Å². The SMILES string of the molecule is Cc1cc(Cc2ccccc2C)cc(C2CCCN2Cc2cnn(C)c2C)n1. The van der Waals surface area contributed by atoms with Crippen molar-refractivity contribution in [3.05, 3.63) is 81.9 Å². The van der Waals surface area contributed by atoms with Crippen LogP contribution in [0.3, 0.4) is 0 Å². The molecule has 3 aromatic rings. The average molecular weight is 375 g/mol. The van der Waals surface area contributed by atoms with Gasteiger partial charge in [-0.25, -0.2) is 0 Å². The number of likely N-dealkylation sites (tertiary alicyclic amines) is 1. The van der Waals surface area contributed by atoms with Crippen molar-refractivity contribution in [2.45, 2.75) is 52.6 Å². The van der Waals surface area contributed by atoms with Crippen LogP contribution in [-0.2, 0) is 20.0 Å². The first-order valence-corrected chi connectivity index (χ1v) is 10.2. The maximum Gasteiger partial charge on any atom is 0.0581 e. The summed E-state index contributed by atoms with van der Waals surface area (Å²) in [7, 11) is 2.01. The van der Waals surface area contributed by atoms with Gasteiger partial charge < -0.3 is 0 Å². The number of aryl methyl sites for hydroxylation is 3. The third kappa shape index (κ3) is 3.88. The summed E-state index contributed by atoms with van der Waals surface area (Å²) in [5.74, 6) is 0. The highest BCUT2D eigenvalue weighted by Crippen LogP contribution is 2.33. The second kappa shape index (κ2) is 7.88. The first-order chi connectivity index (χ1) is 13.5. The molecule has 1 aliphatic heterocycles. The zero-order valence-corrected chi connectivity index (χ0v) is 17.4. The van der Waals surface area contributed by atoms with Crippen LogP contribution < -0.4 is 0 Å². The summed E-state index contributed by atoms with van der Waals surface area (Å²) >= 11 is 0. The van der Waals surface area contributed by atoms with Crippen LogP contribution >= 0.6 is 0 Å². The Kier molecular flexibility index (Phi) is 5.31. The molecule has 1 unspecified atom stereocenters. The maximum atomic E-state index is 4.94. The van der Waals surface area contributed by atoms with E-state index in [1.54, 1.807) is 0 Å². The molecule has 146 valence electrons. The Balaban J connectivity index is 1.58. The van der Waals surface area contributed by atoms with Gasteiger partial charge in [-0.15, -0.1) is 0 Å². The lowest BCUT2D eigenvalue weighted by Crippen LogP contribution is -2.24. The first-order valence-electron chi connectivity index (χ1n) is 10.2. The summed E-state index contributed by atoms with van der Waals surface area (Å²) in [6, 6.07) is 13.6. The second-order valence-corrected chi connectivity index (χ2v) is 8.15. The van der Waals surface area contributed by atoms with E-state index >= 15 is 0 Å². The fourth-order valence-electron chi connectivity index (χ4n) is 4.34. The minimum absolute atomic E-state index is 0.398. The van der Waals surface area contributed by atoms with Crippen molar-refractivity contribution < 1.29 is 0 Å². The Labute approximate surface area is 168 Å². The molecule has 0 bridgehead atoms. The Morgan fingerprint density at radius 1 is 1.07 bits per heavy atom. The number of hydrogen-bond donors (Lipinski definition) is 0. The Bertz CT molecular complexity index is 972. The molecular formula is C24H30N4. The van der Waals surface area contributed by atoms with E-state index in [-0.39, 0.29) is 0 Å². The van der Waals surface area contributed by atoms with Crippen molar-refractivity contribution >= 4 is 0 Å². The van der Waals surface area contributed by atoms with E-state index in [2.05, 4.69) is 67.2 Å². The molecular weight excluding hydrogens is 344 g/mol. The lowest BCUT2D eigenvalue weighted by molar-refractivity contribution is 0.243. The van der Waals surface area contributed by atoms with Gasteiger partial charge in [-0.1, -0.05) is 24.3 Å². The van der Waals surface area contributed by atoms with E-state index in [9.17, 15) is 0 Å². The smallest absolute Gasteiger partial charge is 0.0581 e. The summed E-state index contributed by atoms with van der Waals surface area (Å²) in [6.07, 6.45) is 5.39. The van der Waals surface area contributed by atoms with E-state index in [1.807, 2.05) is 17.9 Å². The Morgan fingerprint density at radius 2 is 1.89 bits per heavy atom. The monoisotopic (exact) mass is 374 g/mol. The summed E-state index contributed by atoms with van der Waals surface area (Å²) < 4.78 is 1.96. The molecule has 2 aromatic heterocycles. The van der Waals surface area contributed by atoms with Crippen molar-refractivity contribution in [3.63, 3.8) is 0 Å². The van der Waals surface area contributed by atoms with Crippen LogP contribution in [0.5, 0.6) is 0 Å². The Hall–Kier alpha value is -2.46. The van der Waals surface area contributed by atoms with Gasteiger partial charge in [0.1, 0.15) is 0 Å². The summed E-state index contributed by atoms with van der Waals surface area (Å²) in [5.41, 5.74) is 9.03. The molecule has 4 heteroatoms. The molecule has 1 aliphatic rings. The zero-order valence-electron chi connectivity index (χ0n) is 17.4. The van der Waals surface area contributed by atoms with E-state index in [1.165, 1.54) is 46.5 Å². The molecule has 0 aliphatic carbocycles. The number of hydrogen-bond acceptors (Lipinski definition) is 3. The van der Waals surface area contributed by atoms with Crippen molar-refractivity contribution in [1.82, 2.24) is 19.7 Å². The Morgan fingerprint density at radius 3 is 2.64 bits per heavy atom. The molecule has 0 N–H and O–H groups in total. The van der Waals surface area contributed by atoms with Crippen molar-refractivity contribution in [2.24, 2.45) is 7.05 Å². The summed E-state index contributed by atoms with van der Waals surface area (Å²) in [6.45, 7) is 8.54. The van der Waals surface area contributed by atoms with Gasteiger partial charge in [-0.3, -0.25) is 14.6 Å². The third-order valence-electron chi connectivity index (χ3n) is 6.10. The minimum Gasteiger partial charge on any atom is -0.290 e. The van der Waals surface area contributed by atoms with Gasteiger partial charge in [0.25, 0.3) is 0 Å². The summed E-state index contributed by atoms with van der Waals surface area (Å²) in [4.78, 5) is 7.51. The van der Waals surface area contributed by atoms with Crippen LogP contribution in [0.25, 0.3) is 0 Å². The van der Waals surface area contributed by atoms with Crippen molar-refractivity contribution in [1.29, 1.82) is 0 Å². The predicted molar refractivity (Wildman–Crippen MR) is 113 cm³/mol. The maximum absolute atomic E-state index is 4.94. The second-order valence-electron chi connectivity index (χ2n) is 8.15. The molecule has 3 heterocycles. The number of rotatable bonds is 5. The lowest BCUT2D eigenvalue weighted by Gasteiger charge is -2.24.